The van der Waals surface area contributed by atoms with Crippen molar-refractivity contribution in [2.75, 3.05) is 19.7 Å². The molecular formula is C30H33ClFN5O4S. The molecule has 2 fully saturated rings. The highest BCUT2D eigenvalue weighted by atomic mass is 35.5. The van der Waals surface area contributed by atoms with Crippen molar-refractivity contribution in [2.45, 2.75) is 57.5 Å². The van der Waals surface area contributed by atoms with Crippen LogP contribution < -0.4 is 9.46 Å². The average molecular weight is 614 g/mol. The molecular weight excluding hydrogens is 581 g/mol. The number of piperidine rings is 1. The number of fused-ring (bicyclic) bond motifs is 1. The zero-order chi connectivity index (χ0) is 29.1. The van der Waals surface area contributed by atoms with Crippen LogP contribution >= 0.6 is 11.6 Å². The largest absolute Gasteiger partial charge is 0.473 e. The number of rotatable bonds is 11. The van der Waals surface area contributed by atoms with Crippen molar-refractivity contribution in [3.63, 3.8) is 0 Å². The van der Waals surface area contributed by atoms with E-state index in [9.17, 15) is 8.60 Å². The van der Waals surface area contributed by atoms with Crippen LogP contribution in [0, 0.1) is 5.82 Å². The highest BCUT2D eigenvalue weighted by molar-refractivity contribution is 7.77. The predicted octanol–water partition coefficient (Wildman–Crippen LogP) is 5.20. The fourth-order valence-corrected chi connectivity index (χ4v) is 6.00. The van der Waals surface area contributed by atoms with Crippen LogP contribution in [-0.2, 0) is 42.2 Å². The highest BCUT2D eigenvalue weighted by Gasteiger charge is 2.26. The van der Waals surface area contributed by atoms with Crippen LogP contribution in [0.1, 0.15) is 47.8 Å². The first-order chi connectivity index (χ1) is 20.4. The second kappa shape index (κ2) is 13.2. The molecule has 2 aromatic heterocycles. The number of hydrogen-bond acceptors (Lipinski definition) is 6. The van der Waals surface area contributed by atoms with Gasteiger partial charge in [0.05, 0.1) is 30.2 Å². The van der Waals surface area contributed by atoms with Crippen molar-refractivity contribution in [3.05, 3.63) is 88.1 Å². The van der Waals surface area contributed by atoms with Crippen LogP contribution in [-0.4, -0.2) is 54.0 Å². The summed E-state index contributed by atoms with van der Waals surface area (Å²) in [6, 6.07) is 16.3. The molecule has 0 radical (unpaired) electrons. The molecule has 2 atom stereocenters. The van der Waals surface area contributed by atoms with Crippen molar-refractivity contribution in [1.82, 2.24) is 24.2 Å². The van der Waals surface area contributed by atoms with Gasteiger partial charge in [-0.2, -0.15) is 0 Å². The first-order valence-corrected chi connectivity index (χ1v) is 15.6. The molecule has 4 aromatic rings. The summed E-state index contributed by atoms with van der Waals surface area (Å²) in [5, 5.41) is 0.355. The second-order valence-electron chi connectivity index (χ2n) is 10.8. The van der Waals surface area contributed by atoms with Gasteiger partial charge in [0.1, 0.15) is 18.2 Å². The fraction of sp³-hybridized carbons (Fsp3) is 0.400. The molecule has 1 unspecified atom stereocenters. The van der Waals surface area contributed by atoms with Crippen LogP contribution in [0.2, 0.25) is 5.02 Å². The van der Waals surface area contributed by atoms with Crippen LogP contribution in [0.25, 0.3) is 11.0 Å². The van der Waals surface area contributed by atoms with Gasteiger partial charge in [0.2, 0.25) is 17.1 Å². The number of imidazole rings is 1. The van der Waals surface area contributed by atoms with E-state index in [4.69, 9.17) is 35.6 Å². The quantitative estimate of drug-likeness (QED) is 0.224. The van der Waals surface area contributed by atoms with Gasteiger partial charge in [-0.15, -0.1) is 0 Å². The van der Waals surface area contributed by atoms with Crippen molar-refractivity contribution >= 4 is 33.9 Å². The third kappa shape index (κ3) is 6.99. The highest BCUT2D eigenvalue weighted by Crippen LogP contribution is 2.30. The summed E-state index contributed by atoms with van der Waals surface area (Å²) in [7, 11) is 0. The smallest absolute Gasteiger partial charge is 0.232 e. The Balaban J connectivity index is 1.10. The van der Waals surface area contributed by atoms with Gasteiger partial charge in [-0.3, -0.25) is 9.45 Å². The molecule has 4 heterocycles. The molecule has 0 bridgehead atoms. The molecule has 0 spiro atoms. The Hall–Kier alpha value is -2.93. The minimum absolute atomic E-state index is 0.0870. The molecule has 0 saturated carbocycles. The zero-order valence-corrected chi connectivity index (χ0v) is 24.6. The molecule has 2 N–H and O–H groups in total. The average Bonchev–Trinajstić information content (AvgIpc) is 3.29. The normalized spacial score (nSPS) is 18.7. The Morgan fingerprint density at radius 2 is 1.95 bits per heavy atom. The molecule has 12 heteroatoms. The number of hydrogen-bond donors (Lipinski definition) is 2. The Morgan fingerprint density at radius 3 is 2.69 bits per heavy atom. The van der Waals surface area contributed by atoms with Gasteiger partial charge in [0, 0.05) is 41.4 Å². The summed E-state index contributed by atoms with van der Waals surface area (Å²) in [5.41, 5.74) is 4.25. The summed E-state index contributed by atoms with van der Waals surface area (Å²) >= 11 is 3.79. The zero-order valence-electron chi connectivity index (χ0n) is 23.0. The number of likely N-dealkylation sites (tertiary alicyclic amines) is 1. The van der Waals surface area contributed by atoms with Gasteiger partial charge >= 0.3 is 0 Å². The number of nitrogens with one attached hydrogen (secondary N) is 1. The lowest BCUT2D eigenvalue weighted by Crippen LogP contribution is -2.35. The number of ether oxygens (including phenoxy) is 2. The lowest BCUT2D eigenvalue weighted by molar-refractivity contribution is -0.0592. The SMILES string of the molecule is O=S(O)NCc1ccc2c(c1)nc(CN1CCC(c3cccc(OCc4ccc(Cl)cc4F)n3)CC1)n2C[C@@H]1CCO1. The minimum atomic E-state index is -2.06. The number of nitrogens with zero attached hydrogens (tertiary/aromatic N) is 4. The summed E-state index contributed by atoms with van der Waals surface area (Å²) in [6.45, 7) is 4.49. The van der Waals surface area contributed by atoms with Gasteiger partial charge < -0.3 is 14.0 Å². The van der Waals surface area contributed by atoms with E-state index in [1.165, 1.54) is 6.07 Å². The Kier molecular flexibility index (Phi) is 9.13. The topological polar surface area (TPSA) is 102 Å². The second-order valence-corrected chi connectivity index (χ2v) is 12.0. The van der Waals surface area contributed by atoms with Crippen LogP contribution in [0.3, 0.4) is 0 Å². The standard InChI is InChI=1S/C30H33ClFN5O4S/c31-23-6-5-22(25(32)15-23)19-41-30-3-1-2-26(35-30)21-8-11-36(12-9-21)18-29-34-27-14-20(16-33-42(38)39)4-7-28(27)37(29)17-24-10-13-40-24/h1-7,14-15,21,24,33H,8-13,16-19H2,(H,38,39)/t24-/m0/s1. The van der Waals surface area contributed by atoms with Gasteiger partial charge in [0.15, 0.2) is 0 Å². The van der Waals surface area contributed by atoms with Crippen molar-refractivity contribution in [1.29, 1.82) is 0 Å². The summed E-state index contributed by atoms with van der Waals surface area (Å²) in [4.78, 5) is 12.1. The molecule has 9 nitrogen and oxygen atoms in total. The molecule has 2 saturated heterocycles. The van der Waals surface area contributed by atoms with Crippen molar-refractivity contribution < 1.29 is 22.6 Å². The number of pyridine rings is 1. The van der Waals surface area contributed by atoms with E-state index in [-0.39, 0.29) is 12.7 Å². The lowest BCUT2D eigenvalue weighted by atomic mass is 9.93. The molecule has 2 aliphatic heterocycles. The first-order valence-electron chi connectivity index (χ1n) is 14.1. The van der Waals surface area contributed by atoms with E-state index in [2.05, 4.69) is 14.2 Å². The molecule has 6 rings (SSSR count). The van der Waals surface area contributed by atoms with E-state index >= 15 is 0 Å². The molecule has 0 aliphatic carbocycles. The fourth-order valence-electron chi connectivity index (χ4n) is 5.55. The van der Waals surface area contributed by atoms with Gasteiger partial charge in [0.25, 0.3) is 0 Å². The maximum Gasteiger partial charge on any atom is 0.232 e. The third-order valence-corrected chi connectivity index (χ3v) is 8.60. The predicted molar refractivity (Wildman–Crippen MR) is 159 cm³/mol. The summed E-state index contributed by atoms with van der Waals surface area (Å²) in [6.07, 6.45) is 3.16. The molecule has 0 amide bonds. The molecule has 2 aromatic carbocycles. The maximum atomic E-state index is 14.1. The van der Waals surface area contributed by atoms with Crippen molar-refractivity contribution in [2.24, 2.45) is 0 Å². The number of benzene rings is 2. The third-order valence-electron chi connectivity index (χ3n) is 7.98. The van der Waals surface area contributed by atoms with Gasteiger partial charge in [-0.1, -0.05) is 29.8 Å². The van der Waals surface area contributed by atoms with Crippen LogP contribution in [0.4, 0.5) is 4.39 Å². The Bertz CT molecular complexity index is 1570. The number of aromatic nitrogens is 3. The van der Waals surface area contributed by atoms with E-state index in [1.807, 2.05) is 30.3 Å². The van der Waals surface area contributed by atoms with E-state index < -0.39 is 17.1 Å². The van der Waals surface area contributed by atoms with Crippen LogP contribution in [0.5, 0.6) is 5.88 Å². The van der Waals surface area contributed by atoms with E-state index in [0.717, 1.165) is 80.2 Å². The monoisotopic (exact) mass is 613 g/mol. The van der Waals surface area contributed by atoms with E-state index in [0.29, 0.717) is 28.9 Å². The summed E-state index contributed by atoms with van der Waals surface area (Å²) in [5.74, 6) is 1.40. The molecule has 2 aliphatic rings. The maximum absolute atomic E-state index is 14.1. The van der Waals surface area contributed by atoms with Gasteiger partial charge in [-0.05, 0) is 68.2 Å². The Labute approximate surface area is 251 Å². The molecule has 42 heavy (non-hydrogen) atoms. The van der Waals surface area contributed by atoms with Crippen molar-refractivity contribution in [3.8, 4) is 5.88 Å². The van der Waals surface area contributed by atoms with E-state index in [1.54, 1.807) is 18.2 Å². The minimum Gasteiger partial charge on any atom is -0.473 e. The Morgan fingerprint density at radius 1 is 1.12 bits per heavy atom. The van der Waals surface area contributed by atoms with Gasteiger partial charge in [-0.25, -0.2) is 23.3 Å². The van der Waals surface area contributed by atoms with Crippen LogP contribution in [0.15, 0.2) is 54.6 Å². The number of halogens is 2. The first kappa shape index (κ1) is 29.2. The summed E-state index contributed by atoms with van der Waals surface area (Å²) < 4.78 is 50.6. The lowest BCUT2D eigenvalue weighted by Gasteiger charge is -2.32. The molecule has 222 valence electrons.